The number of aromatic amines is 1. The molecule has 4 heteroatoms. The Kier molecular flexibility index (Phi) is 3.76. The third kappa shape index (κ3) is 2.84. The zero-order valence-corrected chi connectivity index (χ0v) is 10.5. The van der Waals surface area contributed by atoms with Crippen LogP contribution in [-0.2, 0) is 16.1 Å². The zero-order chi connectivity index (χ0) is 12.3. The zero-order valence-electron chi connectivity index (χ0n) is 10.5. The molecule has 1 heterocycles. The lowest BCUT2D eigenvalue weighted by Crippen LogP contribution is -2.02. The lowest BCUT2D eigenvalue weighted by Gasteiger charge is -1.99. The SMILES string of the molecule is COCCOCc1nc2c(C)cc(C)cc2[nH]1. The minimum Gasteiger partial charge on any atom is -0.382 e. The molecule has 0 amide bonds. The lowest BCUT2D eigenvalue weighted by molar-refractivity contribution is 0.0590. The predicted molar refractivity (Wildman–Crippen MR) is 67.1 cm³/mol. The van der Waals surface area contributed by atoms with Gasteiger partial charge in [0.15, 0.2) is 0 Å². The summed E-state index contributed by atoms with van der Waals surface area (Å²) < 4.78 is 10.4. The van der Waals surface area contributed by atoms with Crippen LogP contribution in [-0.4, -0.2) is 30.3 Å². The fraction of sp³-hybridized carbons (Fsp3) is 0.462. The Balaban J connectivity index is 2.12. The van der Waals surface area contributed by atoms with Gasteiger partial charge in [0.1, 0.15) is 12.4 Å². The van der Waals surface area contributed by atoms with Gasteiger partial charge in [-0.25, -0.2) is 4.98 Å². The van der Waals surface area contributed by atoms with Crippen LogP contribution in [0.2, 0.25) is 0 Å². The summed E-state index contributed by atoms with van der Waals surface area (Å²) in [4.78, 5) is 7.81. The van der Waals surface area contributed by atoms with E-state index < -0.39 is 0 Å². The van der Waals surface area contributed by atoms with Crippen LogP contribution >= 0.6 is 0 Å². The van der Waals surface area contributed by atoms with E-state index in [0.717, 1.165) is 16.9 Å². The molecule has 4 nitrogen and oxygen atoms in total. The summed E-state index contributed by atoms with van der Waals surface area (Å²) >= 11 is 0. The smallest absolute Gasteiger partial charge is 0.133 e. The molecular formula is C13H18N2O2. The fourth-order valence-corrected chi connectivity index (χ4v) is 1.90. The first-order valence-corrected chi connectivity index (χ1v) is 5.73. The molecule has 1 N–H and O–H groups in total. The number of aryl methyl sites for hydroxylation is 2. The average Bonchev–Trinajstić information content (AvgIpc) is 2.67. The standard InChI is InChI=1S/C13H18N2O2/c1-9-6-10(2)13-11(7-9)14-12(15-13)8-17-5-4-16-3/h6-7H,4-5,8H2,1-3H3,(H,14,15). The third-order valence-corrected chi connectivity index (χ3v) is 2.64. The molecular weight excluding hydrogens is 216 g/mol. The van der Waals surface area contributed by atoms with Crippen LogP contribution in [0.4, 0.5) is 0 Å². The van der Waals surface area contributed by atoms with Crippen molar-refractivity contribution in [1.82, 2.24) is 9.97 Å². The molecule has 0 saturated heterocycles. The number of nitrogens with zero attached hydrogens (tertiary/aromatic N) is 1. The molecule has 1 aromatic carbocycles. The number of H-pyrrole nitrogens is 1. The van der Waals surface area contributed by atoms with Gasteiger partial charge < -0.3 is 14.5 Å². The van der Waals surface area contributed by atoms with E-state index in [1.165, 1.54) is 11.1 Å². The number of hydrogen-bond donors (Lipinski definition) is 1. The monoisotopic (exact) mass is 234 g/mol. The van der Waals surface area contributed by atoms with Gasteiger partial charge in [0.25, 0.3) is 0 Å². The van der Waals surface area contributed by atoms with Crippen LogP contribution in [0.3, 0.4) is 0 Å². The molecule has 2 rings (SSSR count). The van der Waals surface area contributed by atoms with Crippen LogP contribution in [0.1, 0.15) is 17.0 Å². The van der Waals surface area contributed by atoms with E-state index in [1.807, 2.05) is 0 Å². The maximum Gasteiger partial charge on any atom is 0.133 e. The van der Waals surface area contributed by atoms with Gasteiger partial charge in [0.05, 0.1) is 24.2 Å². The second-order valence-corrected chi connectivity index (χ2v) is 4.21. The molecule has 0 spiro atoms. The van der Waals surface area contributed by atoms with E-state index in [-0.39, 0.29) is 0 Å². The van der Waals surface area contributed by atoms with Crippen molar-refractivity contribution in [3.05, 3.63) is 29.1 Å². The summed E-state index contributed by atoms with van der Waals surface area (Å²) in [6.07, 6.45) is 0. The molecule has 0 bridgehead atoms. The maximum atomic E-state index is 5.44. The molecule has 1 aromatic heterocycles. The topological polar surface area (TPSA) is 47.1 Å². The van der Waals surface area contributed by atoms with Gasteiger partial charge in [0.2, 0.25) is 0 Å². The normalized spacial score (nSPS) is 11.2. The van der Waals surface area contributed by atoms with Gasteiger partial charge in [-0.15, -0.1) is 0 Å². The number of hydrogen-bond acceptors (Lipinski definition) is 3. The Hall–Kier alpha value is -1.39. The number of nitrogens with one attached hydrogen (secondary N) is 1. The molecule has 0 saturated carbocycles. The minimum absolute atomic E-state index is 0.497. The first kappa shape index (κ1) is 12.1. The number of rotatable bonds is 5. The Bertz CT molecular complexity index is 505. The Morgan fingerprint density at radius 1 is 1.24 bits per heavy atom. The molecule has 0 aliphatic carbocycles. The predicted octanol–water partition coefficient (Wildman–Crippen LogP) is 2.34. The lowest BCUT2D eigenvalue weighted by atomic mass is 10.1. The van der Waals surface area contributed by atoms with Gasteiger partial charge in [-0.3, -0.25) is 0 Å². The van der Waals surface area contributed by atoms with E-state index >= 15 is 0 Å². The van der Waals surface area contributed by atoms with Gasteiger partial charge in [-0.1, -0.05) is 6.07 Å². The van der Waals surface area contributed by atoms with Crippen molar-refractivity contribution < 1.29 is 9.47 Å². The average molecular weight is 234 g/mol. The third-order valence-electron chi connectivity index (χ3n) is 2.64. The summed E-state index contributed by atoms with van der Waals surface area (Å²) in [7, 11) is 1.66. The number of aromatic nitrogens is 2. The summed E-state index contributed by atoms with van der Waals surface area (Å²) in [5.41, 5.74) is 4.54. The van der Waals surface area contributed by atoms with E-state index in [4.69, 9.17) is 9.47 Å². The highest BCUT2D eigenvalue weighted by molar-refractivity contribution is 5.79. The van der Waals surface area contributed by atoms with E-state index in [0.29, 0.717) is 19.8 Å². The second kappa shape index (κ2) is 5.29. The van der Waals surface area contributed by atoms with Crippen molar-refractivity contribution in [2.75, 3.05) is 20.3 Å². The van der Waals surface area contributed by atoms with Crippen molar-refractivity contribution in [3.8, 4) is 0 Å². The van der Waals surface area contributed by atoms with Crippen LogP contribution in [0, 0.1) is 13.8 Å². The largest absolute Gasteiger partial charge is 0.382 e. The Morgan fingerprint density at radius 2 is 2.06 bits per heavy atom. The van der Waals surface area contributed by atoms with Crippen LogP contribution < -0.4 is 0 Å². The number of ether oxygens (including phenoxy) is 2. The van der Waals surface area contributed by atoms with Gasteiger partial charge >= 0.3 is 0 Å². The van der Waals surface area contributed by atoms with E-state index in [1.54, 1.807) is 7.11 Å². The number of imidazole rings is 1. The maximum absolute atomic E-state index is 5.44. The molecule has 0 radical (unpaired) electrons. The van der Waals surface area contributed by atoms with Gasteiger partial charge in [-0.2, -0.15) is 0 Å². The molecule has 17 heavy (non-hydrogen) atoms. The van der Waals surface area contributed by atoms with Crippen molar-refractivity contribution in [2.45, 2.75) is 20.5 Å². The summed E-state index contributed by atoms with van der Waals surface area (Å²) in [6.45, 7) is 5.86. The minimum atomic E-state index is 0.497. The van der Waals surface area contributed by atoms with Crippen molar-refractivity contribution in [2.24, 2.45) is 0 Å². The Labute approximate surface area is 101 Å². The van der Waals surface area contributed by atoms with Crippen LogP contribution in [0.5, 0.6) is 0 Å². The van der Waals surface area contributed by atoms with Crippen molar-refractivity contribution >= 4 is 11.0 Å². The van der Waals surface area contributed by atoms with Gasteiger partial charge in [0, 0.05) is 7.11 Å². The Morgan fingerprint density at radius 3 is 2.82 bits per heavy atom. The molecule has 0 fully saturated rings. The molecule has 0 aliphatic rings. The van der Waals surface area contributed by atoms with Crippen LogP contribution in [0.25, 0.3) is 11.0 Å². The summed E-state index contributed by atoms with van der Waals surface area (Å²) in [5, 5.41) is 0. The fourth-order valence-electron chi connectivity index (χ4n) is 1.90. The molecule has 92 valence electrons. The molecule has 2 aromatic rings. The van der Waals surface area contributed by atoms with Gasteiger partial charge in [-0.05, 0) is 31.0 Å². The second-order valence-electron chi connectivity index (χ2n) is 4.21. The number of fused-ring (bicyclic) bond motifs is 1. The first-order chi connectivity index (χ1) is 8.20. The van der Waals surface area contributed by atoms with Crippen molar-refractivity contribution in [3.63, 3.8) is 0 Å². The summed E-state index contributed by atoms with van der Waals surface area (Å²) in [5.74, 6) is 0.866. The highest BCUT2D eigenvalue weighted by Gasteiger charge is 2.05. The summed E-state index contributed by atoms with van der Waals surface area (Å²) in [6, 6.07) is 4.24. The number of benzene rings is 1. The number of methoxy groups -OCH3 is 1. The van der Waals surface area contributed by atoms with Crippen LogP contribution in [0.15, 0.2) is 12.1 Å². The molecule has 0 aliphatic heterocycles. The van der Waals surface area contributed by atoms with E-state index in [2.05, 4.69) is 35.9 Å². The van der Waals surface area contributed by atoms with Crippen molar-refractivity contribution in [1.29, 1.82) is 0 Å². The quantitative estimate of drug-likeness (QED) is 0.808. The molecule has 0 atom stereocenters. The highest BCUT2D eigenvalue weighted by atomic mass is 16.5. The van der Waals surface area contributed by atoms with E-state index in [9.17, 15) is 0 Å². The first-order valence-electron chi connectivity index (χ1n) is 5.73. The highest BCUT2D eigenvalue weighted by Crippen LogP contribution is 2.18. The molecule has 0 unspecified atom stereocenters.